The predicted octanol–water partition coefficient (Wildman–Crippen LogP) is 2.07. The molecule has 1 unspecified atom stereocenters. The number of rotatable bonds is 10. The summed E-state index contributed by atoms with van der Waals surface area (Å²) >= 11 is 0. The third kappa shape index (κ3) is 4.59. The SMILES string of the molecule is CCCc1nc(CC)c2n1N(CCOC)C(c1cc(S(=O)(=O)O)ccc1OCC)NC2=O. The van der Waals surface area contributed by atoms with Crippen LogP contribution in [0, 0.1) is 0 Å². The normalized spacial score (nSPS) is 16.1. The molecule has 10 nitrogen and oxygen atoms in total. The molecule has 1 aromatic carbocycles. The van der Waals surface area contributed by atoms with Crippen LogP contribution in [0.25, 0.3) is 0 Å². The molecule has 32 heavy (non-hydrogen) atoms. The highest BCUT2D eigenvalue weighted by molar-refractivity contribution is 7.85. The zero-order chi connectivity index (χ0) is 23.5. The van der Waals surface area contributed by atoms with E-state index in [2.05, 4.69) is 5.32 Å². The van der Waals surface area contributed by atoms with E-state index in [9.17, 15) is 17.8 Å². The van der Waals surface area contributed by atoms with E-state index in [0.717, 1.165) is 12.2 Å². The molecule has 0 radical (unpaired) electrons. The van der Waals surface area contributed by atoms with Crippen molar-refractivity contribution in [2.75, 3.05) is 31.9 Å². The smallest absolute Gasteiger partial charge is 0.294 e. The van der Waals surface area contributed by atoms with Crippen molar-refractivity contribution in [1.29, 1.82) is 0 Å². The van der Waals surface area contributed by atoms with E-state index < -0.39 is 16.3 Å². The van der Waals surface area contributed by atoms with Crippen molar-refractivity contribution in [3.05, 3.63) is 41.0 Å². The molecule has 0 spiro atoms. The zero-order valence-electron chi connectivity index (χ0n) is 18.8. The standard InChI is InChI=1S/C21H30N4O6S/c1-5-8-18-22-16(6-2)19-21(26)23-20(24(25(18)19)11-12-30-4)15-13-14(32(27,28)29)9-10-17(15)31-7-3/h9-10,13,20H,5-8,11-12H2,1-4H3,(H,23,26)(H,27,28,29). The van der Waals surface area contributed by atoms with Crippen molar-refractivity contribution in [3.63, 3.8) is 0 Å². The summed E-state index contributed by atoms with van der Waals surface area (Å²) in [6, 6.07) is 4.08. The number of benzene rings is 1. The molecule has 1 aliphatic heterocycles. The van der Waals surface area contributed by atoms with Gasteiger partial charge in [-0.1, -0.05) is 13.8 Å². The molecule has 0 aliphatic carbocycles. The van der Waals surface area contributed by atoms with Crippen LogP contribution in [0.15, 0.2) is 23.1 Å². The predicted molar refractivity (Wildman–Crippen MR) is 118 cm³/mol. The Morgan fingerprint density at radius 2 is 2.00 bits per heavy atom. The Morgan fingerprint density at radius 1 is 1.25 bits per heavy atom. The van der Waals surface area contributed by atoms with Gasteiger partial charge in [0.1, 0.15) is 17.7 Å². The fraction of sp³-hybridized carbons (Fsp3) is 0.524. The molecule has 176 valence electrons. The van der Waals surface area contributed by atoms with Crippen LogP contribution in [0.3, 0.4) is 0 Å². The van der Waals surface area contributed by atoms with Crippen molar-refractivity contribution in [2.45, 2.75) is 51.1 Å². The first kappa shape index (κ1) is 24.0. The molecule has 0 fully saturated rings. The van der Waals surface area contributed by atoms with Gasteiger partial charge in [0.15, 0.2) is 5.69 Å². The van der Waals surface area contributed by atoms with E-state index in [4.69, 9.17) is 14.5 Å². The molecular weight excluding hydrogens is 436 g/mol. The topological polar surface area (TPSA) is 123 Å². The van der Waals surface area contributed by atoms with Gasteiger partial charge in [-0.25, -0.2) is 9.66 Å². The van der Waals surface area contributed by atoms with Gasteiger partial charge in [0.25, 0.3) is 16.0 Å². The van der Waals surface area contributed by atoms with Gasteiger partial charge in [-0.3, -0.25) is 14.4 Å². The Morgan fingerprint density at radius 3 is 2.59 bits per heavy atom. The molecule has 0 saturated carbocycles. The fourth-order valence-corrected chi connectivity index (χ4v) is 4.38. The Balaban J connectivity index is 2.23. The van der Waals surface area contributed by atoms with Crippen molar-refractivity contribution >= 4 is 16.0 Å². The van der Waals surface area contributed by atoms with Gasteiger partial charge < -0.3 is 14.8 Å². The lowest BCUT2D eigenvalue weighted by Gasteiger charge is -2.40. The highest BCUT2D eigenvalue weighted by atomic mass is 32.2. The summed E-state index contributed by atoms with van der Waals surface area (Å²) in [5.74, 6) is 0.846. The zero-order valence-corrected chi connectivity index (χ0v) is 19.6. The summed E-state index contributed by atoms with van der Waals surface area (Å²) in [5.41, 5.74) is 1.57. The lowest BCUT2D eigenvalue weighted by Crippen LogP contribution is -2.55. The number of aryl methyl sites for hydroxylation is 2. The largest absolute Gasteiger partial charge is 0.493 e. The molecule has 1 aromatic heterocycles. The van der Waals surface area contributed by atoms with Gasteiger partial charge in [-0.15, -0.1) is 0 Å². The quantitative estimate of drug-likeness (QED) is 0.510. The minimum absolute atomic E-state index is 0.281. The first-order valence-corrected chi connectivity index (χ1v) is 12.1. The number of nitrogens with one attached hydrogen (secondary N) is 1. The molecule has 1 atom stereocenters. The van der Waals surface area contributed by atoms with E-state index in [1.807, 2.05) is 30.5 Å². The maximum Gasteiger partial charge on any atom is 0.294 e. The van der Waals surface area contributed by atoms with Gasteiger partial charge in [-0.05, 0) is 38.0 Å². The number of amides is 1. The molecule has 2 aromatic rings. The average Bonchev–Trinajstić information content (AvgIpc) is 3.12. The Labute approximate surface area is 188 Å². The molecule has 0 saturated heterocycles. The fourth-order valence-electron chi connectivity index (χ4n) is 3.87. The Kier molecular flexibility index (Phi) is 7.42. The van der Waals surface area contributed by atoms with E-state index in [0.29, 0.717) is 55.3 Å². The highest BCUT2D eigenvalue weighted by Gasteiger charge is 2.37. The van der Waals surface area contributed by atoms with E-state index in [1.54, 1.807) is 7.11 Å². The molecule has 2 N–H and O–H groups in total. The first-order valence-electron chi connectivity index (χ1n) is 10.7. The molecule has 3 rings (SSSR count). The van der Waals surface area contributed by atoms with Crippen LogP contribution < -0.4 is 15.1 Å². The third-order valence-electron chi connectivity index (χ3n) is 5.24. The highest BCUT2D eigenvalue weighted by Crippen LogP contribution is 2.34. The van der Waals surface area contributed by atoms with Crippen LogP contribution in [-0.4, -0.2) is 55.4 Å². The lowest BCUT2D eigenvalue weighted by atomic mass is 10.1. The van der Waals surface area contributed by atoms with Gasteiger partial charge in [0, 0.05) is 19.1 Å². The molecule has 11 heteroatoms. The average molecular weight is 467 g/mol. The van der Waals surface area contributed by atoms with Gasteiger partial charge in [0.05, 0.1) is 30.3 Å². The number of nitrogens with zero attached hydrogens (tertiary/aromatic N) is 3. The van der Waals surface area contributed by atoms with Gasteiger partial charge >= 0.3 is 0 Å². The van der Waals surface area contributed by atoms with Crippen molar-refractivity contribution in [2.24, 2.45) is 0 Å². The first-order chi connectivity index (χ1) is 15.3. The summed E-state index contributed by atoms with van der Waals surface area (Å²) in [6.07, 6.45) is 1.34. The van der Waals surface area contributed by atoms with Crippen molar-refractivity contribution < 1.29 is 27.2 Å². The monoisotopic (exact) mass is 466 g/mol. The number of carbonyl (C=O) groups is 1. The Bertz CT molecular complexity index is 1080. The molecule has 1 aliphatic rings. The number of ether oxygens (including phenoxy) is 2. The van der Waals surface area contributed by atoms with E-state index >= 15 is 0 Å². The number of hydrogen-bond acceptors (Lipinski definition) is 7. The second kappa shape index (κ2) is 9.88. The van der Waals surface area contributed by atoms with E-state index in [-0.39, 0.29) is 10.8 Å². The van der Waals surface area contributed by atoms with Crippen LogP contribution >= 0.6 is 0 Å². The summed E-state index contributed by atoms with van der Waals surface area (Å²) in [7, 11) is -2.87. The van der Waals surface area contributed by atoms with Gasteiger partial charge in [-0.2, -0.15) is 8.42 Å². The number of carbonyl (C=O) groups excluding carboxylic acids is 1. The lowest BCUT2D eigenvalue weighted by molar-refractivity contribution is 0.0883. The van der Waals surface area contributed by atoms with Crippen molar-refractivity contribution in [1.82, 2.24) is 15.0 Å². The Hall–Kier alpha value is -2.63. The van der Waals surface area contributed by atoms with E-state index in [1.165, 1.54) is 18.2 Å². The maximum absolute atomic E-state index is 13.2. The molecule has 0 bridgehead atoms. The van der Waals surface area contributed by atoms with Crippen LogP contribution in [0.5, 0.6) is 5.75 Å². The minimum Gasteiger partial charge on any atom is -0.493 e. The number of imidazole rings is 1. The number of fused-ring (bicyclic) bond motifs is 1. The van der Waals surface area contributed by atoms with Crippen molar-refractivity contribution in [3.8, 4) is 5.75 Å². The second-order valence-corrected chi connectivity index (χ2v) is 8.80. The third-order valence-corrected chi connectivity index (χ3v) is 6.09. The number of methoxy groups -OCH3 is 1. The summed E-state index contributed by atoms with van der Waals surface area (Å²) in [6.45, 7) is 6.89. The second-order valence-electron chi connectivity index (χ2n) is 7.38. The molecule has 2 heterocycles. The maximum atomic E-state index is 13.2. The minimum atomic E-state index is -4.45. The van der Waals surface area contributed by atoms with Crippen LogP contribution in [0.2, 0.25) is 0 Å². The summed E-state index contributed by atoms with van der Waals surface area (Å²) in [4.78, 5) is 17.6. The van der Waals surface area contributed by atoms with Crippen LogP contribution in [0.1, 0.15) is 60.9 Å². The van der Waals surface area contributed by atoms with Gasteiger partial charge in [0.2, 0.25) is 0 Å². The van der Waals surface area contributed by atoms with Crippen LogP contribution in [-0.2, 0) is 27.7 Å². The molecule has 1 amide bonds. The summed E-state index contributed by atoms with van der Waals surface area (Å²) in [5, 5.41) is 4.86. The molecular formula is C21H30N4O6S. The summed E-state index contributed by atoms with van der Waals surface area (Å²) < 4.78 is 46.1. The number of aromatic nitrogens is 2. The van der Waals surface area contributed by atoms with Crippen LogP contribution in [0.4, 0.5) is 0 Å². The number of hydrogen-bond donors (Lipinski definition) is 2.